The smallest absolute Gasteiger partial charge is 0.257 e. The summed E-state index contributed by atoms with van der Waals surface area (Å²) in [6.07, 6.45) is -0.0377. The van der Waals surface area contributed by atoms with Crippen LogP contribution in [0.5, 0.6) is 17.2 Å². The quantitative estimate of drug-likeness (QED) is 0.427. The van der Waals surface area contributed by atoms with E-state index in [1.165, 1.54) is 0 Å². The average molecular weight is 435 g/mol. The molecule has 0 saturated carbocycles. The van der Waals surface area contributed by atoms with Crippen LogP contribution in [0.3, 0.4) is 0 Å². The maximum absolute atomic E-state index is 12.9. The van der Waals surface area contributed by atoms with Gasteiger partial charge in [-0.05, 0) is 71.0 Å². The minimum Gasteiger partial charge on any atom is -0.490 e. The van der Waals surface area contributed by atoms with Crippen LogP contribution in [-0.2, 0) is 4.74 Å². The molecule has 0 aliphatic heterocycles. The molecule has 2 aromatic carbocycles. The number of hydrogen-bond acceptors (Lipinski definition) is 5. The average Bonchev–Trinajstić information content (AvgIpc) is 2.75. The number of hydrogen-bond donors (Lipinski definition) is 1. The third kappa shape index (κ3) is 6.08. The number of aryl methyl sites for hydroxylation is 1. The Bertz CT molecular complexity index is 1070. The van der Waals surface area contributed by atoms with Crippen molar-refractivity contribution in [1.29, 1.82) is 0 Å². The Morgan fingerprint density at radius 2 is 1.75 bits per heavy atom. The number of rotatable bonds is 9. The van der Waals surface area contributed by atoms with Crippen LogP contribution < -0.4 is 14.8 Å². The number of nitrogens with zero attached hydrogens (tertiary/aromatic N) is 1. The number of benzene rings is 2. The molecule has 0 spiro atoms. The van der Waals surface area contributed by atoms with Crippen molar-refractivity contribution in [3.63, 3.8) is 0 Å². The molecule has 32 heavy (non-hydrogen) atoms. The zero-order valence-electron chi connectivity index (χ0n) is 19.2. The zero-order chi connectivity index (χ0) is 23.1. The monoisotopic (exact) mass is 434 g/mol. The molecule has 0 fully saturated rings. The summed E-state index contributed by atoms with van der Waals surface area (Å²) in [5.74, 6) is 1.65. The van der Waals surface area contributed by atoms with Gasteiger partial charge in [0.1, 0.15) is 5.75 Å². The number of pyridine rings is 1. The maximum Gasteiger partial charge on any atom is 0.257 e. The van der Waals surface area contributed by atoms with Crippen molar-refractivity contribution < 1.29 is 19.0 Å². The van der Waals surface area contributed by atoms with Gasteiger partial charge >= 0.3 is 0 Å². The fourth-order valence-corrected chi connectivity index (χ4v) is 3.30. The Balaban J connectivity index is 1.72. The number of carbonyl (C=O) groups is 1. The summed E-state index contributed by atoms with van der Waals surface area (Å²) in [7, 11) is 0. The Labute approximate surface area is 189 Å². The van der Waals surface area contributed by atoms with E-state index in [0.29, 0.717) is 40.8 Å². The van der Waals surface area contributed by atoms with Crippen LogP contribution >= 0.6 is 0 Å². The van der Waals surface area contributed by atoms with Crippen molar-refractivity contribution in [1.82, 2.24) is 4.98 Å². The van der Waals surface area contributed by atoms with Crippen LogP contribution in [-0.4, -0.2) is 23.6 Å². The van der Waals surface area contributed by atoms with E-state index in [2.05, 4.69) is 10.3 Å². The van der Waals surface area contributed by atoms with E-state index in [9.17, 15) is 4.79 Å². The fraction of sp³-hybridized carbons (Fsp3) is 0.308. The second-order valence-electron chi connectivity index (χ2n) is 7.66. The van der Waals surface area contributed by atoms with Gasteiger partial charge in [0.2, 0.25) is 0 Å². The minimum atomic E-state index is -0.231. The highest BCUT2D eigenvalue weighted by Gasteiger charge is 2.15. The predicted molar refractivity (Wildman–Crippen MR) is 126 cm³/mol. The van der Waals surface area contributed by atoms with Gasteiger partial charge in [0, 0.05) is 11.8 Å². The summed E-state index contributed by atoms with van der Waals surface area (Å²) in [5, 5.41) is 2.92. The molecule has 1 amide bonds. The molecule has 1 N–H and O–H groups in total. The summed E-state index contributed by atoms with van der Waals surface area (Å²) in [5.41, 5.74) is 2.59. The first-order chi connectivity index (χ1) is 15.4. The van der Waals surface area contributed by atoms with Crippen LogP contribution in [0.15, 0.2) is 60.7 Å². The van der Waals surface area contributed by atoms with Gasteiger partial charge in [0.05, 0.1) is 35.8 Å². The molecule has 0 aliphatic rings. The highest BCUT2D eigenvalue weighted by molar-refractivity contribution is 6.05. The molecular formula is C26H30N2O4. The molecule has 168 valence electrons. The van der Waals surface area contributed by atoms with E-state index >= 15 is 0 Å². The SMILES string of the molecule is CCOc1ccccc1Oc1cccc(NC(=O)c2ccc(C(C)OC(C)C)nc2C)c1. The lowest BCUT2D eigenvalue weighted by Gasteiger charge is -2.17. The summed E-state index contributed by atoms with van der Waals surface area (Å²) < 4.78 is 17.4. The van der Waals surface area contributed by atoms with Crippen LogP contribution in [0, 0.1) is 6.92 Å². The van der Waals surface area contributed by atoms with Crippen molar-refractivity contribution in [2.45, 2.75) is 46.8 Å². The third-order valence-electron chi connectivity index (χ3n) is 4.71. The van der Waals surface area contributed by atoms with Crippen molar-refractivity contribution in [2.24, 2.45) is 0 Å². The summed E-state index contributed by atoms with van der Waals surface area (Å²) in [4.78, 5) is 17.4. The van der Waals surface area contributed by atoms with Gasteiger partial charge < -0.3 is 19.5 Å². The number of nitrogens with one attached hydrogen (secondary N) is 1. The van der Waals surface area contributed by atoms with Crippen molar-refractivity contribution in [3.05, 3.63) is 77.6 Å². The Kier molecular flexibility index (Phi) is 7.84. The van der Waals surface area contributed by atoms with Crippen LogP contribution in [0.4, 0.5) is 5.69 Å². The molecule has 1 unspecified atom stereocenters. The molecule has 1 heterocycles. The first kappa shape index (κ1) is 23.3. The van der Waals surface area contributed by atoms with Crippen LogP contribution in [0.2, 0.25) is 0 Å². The number of amides is 1. The van der Waals surface area contributed by atoms with Gasteiger partial charge in [-0.25, -0.2) is 0 Å². The van der Waals surface area contributed by atoms with E-state index in [1.54, 1.807) is 12.1 Å². The molecule has 0 saturated heterocycles. The van der Waals surface area contributed by atoms with Gasteiger partial charge in [0.15, 0.2) is 11.5 Å². The molecule has 1 aromatic heterocycles. The van der Waals surface area contributed by atoms with Gasteiger partial charge in [-0.15, -0.1) is 0 Å². The molecule has 1 atom stereocenters. The summed E-state index contributed by atoms with van der Waals surface area (Å²) in [6, 6.07) is 18.3. The molecule has 3 aromatic rings. The topological polar surface area (TPSA) is 69.7 Å². The predicted octanol–water partition coefficient (Wildman–Crippen LogP) is 6.32. The Morgan fingerprint density at radius 1 is 1.00 bits per heavy atom. The van der Waals surface area contributed by atoms with Gasteiger partial charge in [-0.2, -0.15) is 0 Å². The largest absolute Gasteiger partial charge is 0.490 e. The normalized spacial score (nSPS) is 11.8. The van der Waals surface area contributed by atoms with E-state index in [1.807, 2.05) is 83.1 Å². The lowest BCUT2D eigenvalue weighted by molar-refractivity contribution is 0.0154. The van der Waals surface area contributed by atoms with Gasteiger partial charge in [-0.3, -0.25) is 9.78 Å². The van der Waals surface area contributed by atoms with E-state index in [4.69, 9.17) is 14.2 Å². The Hall–Kier alpha value is -3.38. The highest BCUT2D eigenvalue weighted by Crippen LogP contribution is 2.32. The third-order valence-corrected chi connectivity index (χ3v) is 4.71. The highest BCUT2D eigenvalue weighted by atomic mass is 16.5. The number of anilines is 1. The van der Waals surface area contributed by atoms with E-state index in [-0.39, 0.29) is 18.1 Å². The van der Waals surface area contributed by atoms with Crippen molar-refractivity contribution in [3.8, 4) is 17.2 Å². The fourth-order valence-electron chi connectivity index (χ4n) is 3.30. The van der Waals surface area contributed by atoms with Gasteiger partial charge in [-0.1, -0.05) is 18.2 Å². The Morgan fingerprint density at radius 3 is 2.44 bits per heavy atom. The standard InChI is InChI=1S/C26H30N2O4/c1-6-30-24-12-7-8-13-25(24)32-21-11-9-10-20(16-21)28-26(29)22-14-15-23(27-18(22)4)19(5)31-17(2)3/h7-17,19H,6H2,1-5H3,(H,28,29). The first-order valence-corrected chi connectivity index (χ1v) is 10.8. The molecular weight excluding hydrogens is 404 g/mol. The number of ether oxygens (including phenoxy) is 3. The lowest BCUT2D eigenvalue weighted by Crippen LogP contribution is -2.16. The molecule has 0 aliphatic carbocycles. The molecule has 6 heteroatoms. The lowest BCUT2D eigenvalue weighted by atomic mass is 10.1. The van der Waals surface area contributed by atoms with Crippen molar-refractivity contribution >= 4 is 11.6 Å². The molecule has 6 nitrogen and oxygen atoms in total. The number of carbonyl (C=O) groups excluding carboxylic acids is 1. The summed E-state index contributed by atoms with van der Waals surface area (Å²) >= 11 is 0. The number of para-hydroxylation sites is 2. The van der Waals surface area contributed by atoms with Gasteiger partial charge in [0.25, 0.3) is 5.91 Å². The second kappa shape index (κ2) is 10.8. The summed E-state index contributed by atoms with van der Waals surface area (Å²) in [6.45, 7) is 10.2. The van der Waals surface area contributed by atoms with Crippen LogP contribution in [0.1, 0.15) is 55.5 Å². The van der Waals surface area contributed by atoms with Crippen molar-refractivity contribution in [2.75, 3.05) is 11.9 Å². The molecule has 0 bridgehead atoms. The second-order valence-corrected chi connectivity index (χ2v) is 7.66. The van der Waals surface area contributed by atoms with Crippen LogP contribution in [0.25, 0.3) is 0 Å². The molecule has 3 rings (SSSR count). The number of aromatic nitrogens is 1. The zero-order valence-corrected chi connectivity index (χ0v) is 19.2. The van der Waals surface area contributed by atoms with E-state index in [0.717, 1.165) is 5.69 Å². The first-order valence-electron chi connectivity index (χ1n) is 10.8. The molecule has 0 radical (unpaired) electrons. The maximum atomic E-state index is 12.9. The minimum absolute atomic E-state index is 0.102. The van der Waals surface area contributed by atoms with E-state index < -0.39 is 0 Å².